The van der Waals surface area contributed by atoms with Gasteiger partial charge >= 0.3 is 0 Å². The summed E-state index contributed by atoms with van der Waals surface area (Å²) in [5, 5.41) is 3.22. The van der Waals surface area contributed by atoms with Crippen molar-refractivity contribution in [2.45, 2.75) is 20.0 Å². The highest BCUT2D eigenvalue weighted by Crippen LogP contribution is 2.22. The Morgan fingerprint density at radius 1 is 1.64 bits per heavy atom. The van der Waals surface area contributed by atoms with Crippen molar-refractivity contribution in [1.29, 1.82) is 0 Å². The van der Waals surface area contributed by atoms with Crippen molar-refractivity contribution >= 4 is 21.7 Å². The van der Waals surface area contributed by atoms with Crippen LogP contribution in [-0.2, 0) is 4.74 Å². The molecule has 1 N–H and O–H groups in total. The quantitative estimate of drug-likeness (QED) is 0.902. The van der Waals surface area contributed by atoms with Crippen LogP contribution in [0.15, 0.2) is 16.7 Å². The molecule has 0 fully saturated rings. The molecule has 0 saturated heterocycles. The van der Waals surface area contributed by atoms with E-state index < -0.39 is 0 Å². The van der Waals surface area contributed by atoms with Crippen molar-refractivity contribution < 1.29 is 4.74 Å². The summed E-state index contributed by atoms with van der Waals surface area (Å²) in [5.74, 6) is 0.869. The monoisotopic (exact) mass is 258 g/mol. The Kier molecular flexibility index (Phi) is 4.35. The van der Waals surface area contributed by atoms with Crippen LogP contribution in [0, 0.1) is 6.92 Å². The summed E-state index contributed by atoms with van der Waals surface area (Å²) in [6.45, 7) is 4.80. The molecule has 1 aromatic heterocycles. The molecular weight excluding hydrogens is 244 g/mol. The van der Waals surface area contributed by atoms with Gasteiger partial charge < -0.3 is 10.1 Å². The van der Waals surface area contributed by atoms with Crippen LogP contribution in [0.3, 0.4) is 0 Å². The number of halogens is 1. The molecule has 1 atom stereocenters. The lowest BCUT2D eigenvalue weighted by atomic mass is 10.3. The SMILES string of the molecule is COC(C)CNc1nccc(C)c1Br. The lowest BCUT2D eigenvalue weighted by molar-refractivity contribution is 0.128. The highest BCUT2D eigenvalue weighted by Gasteiger charge is 2.04. The van der Waals surface area contributed by atoms with Gasteiger partial charge in [-0.15, -0.1) is 0 Å². The number of rotatable bonds is 4. The molecule has 0 aliphatic rings. The van der Waals surface area contributed by atoms with Gasteiger partial charge in [0.05, 0.1) is 10.6 Å². The molecule has 1 rings (SSSR count). The predicted octanol–water partition coefficient (Wildman–Crippen LogP) is 2.60. The Hall–Kier alpha value is -0.610. The van der Waals surface area contributed by atoms with E-state index >= 15 is 0 Å². The van der Waals surface area contributed by atoms with Gasteiger partial charge in [0, 0.05) is 19.9 Å². The first-order chi connectivity index (χ1) is 6.65. The predicted molar refractivity (Wildman–Crippen MR) is 61.6 cm³/mol. The Bertz CT molecular complexity index is 304. The van der Waals surface area contributed by atoms with E-state index in [1.165, 1.54) is 5.56 Å². The summed E-state index contributed by atoms with van der Waals surface area (Å²) in [6.07, 6.45) is 1.98. The maximum absolute atomic E-state index is 5.14. The molecule has 78 valence electrons. The summed E-state index contributed by atoms with van der Waals surface area (Å²) in [6, 6.07) is 1.97. The minimum absolute atomic E-state index is 0.184. The Labute approximate surface area is 93.0 Å². The van der Waals surface area contributed by atoms with Gasteiger partial charge in [-0.1, -0.05) is 0 Å². The molecule has 0 amide bonds. The number of methoxy groups -OCH3 is 1. The van der Waals surface area contributed by atoms with E-state index in [0.29, 0.717) is 0 Å². The smallest absolute Gasteiger partial charge is 0.140 e. The van der Waals surface area contributed by atoms with Crippen molar-refractivity contribution in [3.05, 3.63) is 22.3 Å². The van der Waals surface area contributed by atoms with Gasteiger partial charge in [-0.25, -0.2) is 4.98 Å². The molecule has 3 nitrogen and oxygen atoms in total. The van der Waals surface area contributed by atoms with E-state index in [1.807, 2.05) is 19.9 Å². The van der Waals surface area contributed by atoms with E-state index in [4.69, 9.17) is 4.74 Å². The van der Waals surface area contributed by atoms with Gasteiger partial charge in [0.2, 0.25) is 0 Å². The van der Waals surface area contributed by atoms with Gasteiger partial charge in [0.25, 0.3) is 0 Å². The fraction of sp³-hybridized carbons (Fsp3) is 0.500. The number of hydrogen-bond donors (Lipinski definition) is 1. The molecule has 1 heterocycles. The second-order valence-corrected chi connectivity index (χ2v) is 4.01. The molecule has 0 spiro atoms. The van der Waals surface area contributed by atoms with Crippen LogP contribution in [-0.4, -0.2) is 24.7 Å². The second-order valence-electron chi connectivity index (χ2n) is 3.22. The highest BCUT2D eigenvalue weighted by atomic mass is 79.9. The summed E-state index contributed by atoms with van der Waals surface area (Å²) >= 11 is 3.49. The number of pyridine rings is 1. The molecule has 14 heavy (non-hydrogen) atoms. The Balaban J connectivity index is 2.63. The van der Waals surface area contributed by atoms with Crippen LogP contribution < -0.4 is 5.32 Å². The third-order valence-corrected chi connectivity index (χ3v) is 3.04. The number of aryl methyl sites for hydroxylation is 1. The largest absolute Gasteiger partial charge is 0.380 e. The fourth-order valence-corrected chi connectivity index (χ4v) is 1.36. The van der Waals surface area contributed by atoms with Crippen LogP contribution in [0.2, 0.25) is 0 Å². The Morgan fingerprint density at radius 3 is 3.00 bits per heavy atom. The van der Waals surface area contributed by atoms with E-state index in [-0.39, 0.29) is 6.10 Å². The average Bonchev–Trinajstić information content (AvgIpc) is 2.20. The maximum atomic E-state index is 5.14. The number of nitrogens with zero attached hydrogens (tertiary/aromatic N) is 1. The molecular formula is C10H15BrN2O. The molecule has 0 aliphatic carbocycles. The fourth-order valence-electron chi connectivity index (χ4n) is 0.987. The standard InChI is InChI=1S/C10H15BrN2O/c1-7-4-5-12-10(9(7)11)13-6-8(2)14-3/h4-5,8H,6H2,1-3H3,(H,12,13). The summed E-state index contributed by atoms with van der Waals surface area (Å²) < 4.78 is 6.15. The summed E-state index contributed by atoms with van der Waals surface area (Å²) in [7, 11) is 1.70. The van der Waals surface area contributed by atoms with Gasteiger partial charge in [-0.05, 0) is 41.4 Å². The molecule has 1 aromatic rings. The number of hydrogen-bond acceptors (Lipinski definition) is 3. The van der Waals surface area contributed by atoms with Crippen molar-refractivity contribution in [3.8, 4) is 0 Å². The van der Waals surface area contributed by atoms with Crippen LogP contribution in [0.5, 0.6) is 0 Å². The Morgan fingerprint density at radius 2 is 2.36 bits per heavy atom. The first-order valence-electron chi connectivity index (χ1n) is 4.53. The summed E-state index contributed by atoms with van der Waals surface area (Å²) in [5.41, 5.74) is 1.17. The van der Waals surface area contributed by atoms with E-state index in [0.717, 1.165) is 16.8 Å². The third-order valence-electron chi connectivity index (χ3n) is 2.04. The van der Waals surface area contributed by atoms with Crippen molar-refractivity contribution in [1.82, 2.24) is 4.98 Å². The lowest BCUT2D eigenvalue weighted by Crippen LogP contribution is -2.18. The zero-order valence-corrected chi connectivity index (χ0v) is 10.3. The number of ether oxygens (including phenoxy) is 1. The van der Waals surface area contributed by atoms with Crippen molar-refractivity contribution in [2.24, 2.45) is 0 Å². The molecule has 0 radical (unpaired) electrons. The molecule has 0 aliphatic heterocycles. The van der Waals surface area contributed by atoms with Crippen molar-refractivity contribution in [3.63, 3.8) is 0 Å². The topological polar surface area (TPSA) is 34.1 Å². The van der Waals surface area contributed by atoms with Crippen LogP contribution in [0.4, 0.5) is 5.82 Å². The summed E-state index contributed by atoms with van der Waals surface area (Å²) in [4.78, 5) is 4.23. The molecule has 0 saturated carbocycles. The van der Waals surface area contributed by atoms with Gasteiger partial charge in [0.15, 0.2) is 0 Å². The number of aromatic nitrogens is 1. The van der Waals surface area contributed by atoms with Gasteiger partial charge in [-0.2, -0.15) is 0 Å². The van der Waals surface area contributed by atoms with Crippen LogP contribution in [0.25, 0.3) is 0 Å². The normalized spacial score (nSPS) is 12.6. The van der Waals surface area contributed by atoms with Gasteiger partial charge in [-0.3, -0.25) is 0 Å². The van der Waals surface area contributed by atoms with E-state index in [2.05, 4.69) is 26.2 Å². The first-order valence-corrected chi connectivity index (χ1v) is 5.32. The zero-order chi connectivity index (χ0) is 10.6. The molecule has 0 bridgehead atoms. The van der Waals surface area contributed by atoms with Crippen molar-refractivity contribution in [2.75, 3.05) is 19.0 Å². The van der Waals surface area contributed by atoms with E-state index in [9.17, 15) is 0 Å². The molecule has 1 unspecified atom stereocenters. The first kappa shape index (κ1) is 11.5. The van der Waals surface area contributed by atoms with Gasteiger partial charge in [0.1, 0.15) is 5.82 Å². The maximum Gasteiger partial charge on any atom is 0.140 e. The minimum atomic E-state index is 0.184. The van der Waals surface area contributed by atoms with E-state index in [1.54, 1.807) is 13.3 Å². The number of anilines is 1. The molecule has 4 heteroatoms. The lowest BCUT2D eigenvalue weighted by Gasteiger charge is -2.12. The molecule has 0 aromatic carbocycles. The minimum Gasteiger partial charge on any atom is -0.380 e. The number of nitrogens with one attached hydrogen (secondary N) is 1. The highest BCUT2D eigenvalue weighted by molar-refractivity contribution is 9.10. The average molecular weight is 259 g/mol. The van der Waals surface area contributed by atoms with Crippen LogP contribution >= 0.6 is 15.9 Å². The second kappa shape index (κ2) is 5.32. The van der Waals surface area contributed by atoms with Crippen LogP contribution in [0.1, 0.15) is 12.5 Å². The third kappa shape index (κ3) is 2.96. The zero-order valence-electron chi connectivity index (χ0n) is 8.67.